The topological polar surface area (TPSA) is 50.6 Å². The van der Waals surface area contributed by atoms with Gasteiger partial charge in [0.25, 0.3) is 5.91 Å². The summed E-state index contributed by atoms with van der Waals surface area (Å²) in [5.41, 5.74) is 1.85. The maximum absolute atomic E-state index is 13.0. The SMILES string of the molecule is CCN(c1ccccc1)[C@H]1COC2(CCN(C(=O)c3ccnn3C(C)C)CC2)C1. The Morgan fingerprint density at radius 1 is 1.24 bits per heavy atom. The van der Waals surface area contributed by atoms with E-state index in [1.165, 1.54) is 5.69 Å². The van der Waals surface area contributed by atoms with E-state index in [9.17, 15) is 4.79 Å². The molecule has 2 aromatic rings. The van der Waals surface area contributed by atoms with Crippen LogP contribution in [0, 0.1) is 0 Å². The van der Waals surface area contributed by atoms with Gasteiger partial charge in [-0.15, -0.1) is 0 Å². The van der Waals surface area contributed by atoms with Crippen molar-refractivity contribution in [3.05, 3.63) is 48.3 Å². The number of para-hydroxylation sites is 1. The van der Waals surface area contributed by atoms with Crippen LogP contribution >= 0.6 is 0 Å². The first-order valence-corrected chi connectivity index (χ1v) is 10.8. The Balaban J connectivity index is 1.39. The van der Waals surface area contributed by atoms with Crippen molar-refractivity contribution in [2.45, 2.75) is 57.7 Å². The average Bonchev–Trinajstić information content (AvgIpc) is 3.38. The molecule has 1 aromatic carbocycles. The van der Waals surface area contributed by atoms with Crippen molar-refractivity contribution in [2.75, 3.05) is 31.1 Å². The predicted molar refractivity (Wildman–Crippen MR) is 114 cm³/mol. The number of amides is 1. The van der Waals surface area contributed by atoms with Crippen LogP contribution in [-0.2, 0) is 4.74 Å². The van der Waals surface area contributed by atoms with E-state index in [4.69, 9.17) is 4.74 Å². The largest absolute Gasteiger partial charge is 0.373 e. The van der Waals surface area contributed by atoms with Crippen molar-refractivity contribution >= 4 is 11.6 Å². The highest BCUT2D eigenvalue weighted by Crippen LogP contribution is 2.39. The summed E-state index contributed by atoms with van der Waals surface area (Å²) in [6.45, 7) is 9.52. The van der Waals surface area contributed by atoms with Gasteiger partial charge in [0.15, 0.2) is 0 Å². The van der Waals surface area contributed by atoms with Crippen LogP contribution < -0.4 is 4.90 Å². The number of hydrogen-bond acceptors (Lipinski definition) is 4. The highest BCUT2D eigenvalue weighted by atomic mass is 16.5. The summed E-state index contributed by atoms with van der Waals surface area (Å²) in [7, 11) is 0. The number of likely N-dealkylation sites (N-methyl/N-ethyl adjacent to an activating group) is 1. The summed E-state index contributed by atoms with van der Waals surface area (Å²) >= 11 is 0. The Morgan fingerprint density at radius 3 is 2.62 bits per heavy atom. The van der Waals surface area contributed by atoms with Crippen molar-refractivity contribution in [2.24, 2.45) is 0 Å². The zero-order valence-corrected chi connectivity index (χ0v) is 17.8. The zero-order valence-electron chi connectivity index (χ0n) is 17.8. The van der Waals surface area contributed by atoms with Crippen LogP contribution in [0.5, 0.6) is 0 Å². The van der Waals surface area contributed by atoms with Gasteiger partial charge in [0.05, 0.1) is 18.2 Å². The first-order chi connectivity index (χ1) is 14.0. The molecule has 29 heavy (non-hydrogen) atoms. The maximum Gasteiger partial charge on any atom is 0.272 e. The quantitative estimate of drug-likeness (QED) is 0.772. The molecule has 1 spiro atoms. The second-order valence-corrected chi connectivity index (χ2v) is 8.52. The van der Waals surface area contributed by atoms with Gasteiger partial charge in [-0.3, -0.25) is 9.48 Å². The molecule has 2 aliphatic rings. The molecule has 6 heteroatoms. The number of likely N-dealkylation sites (tertiary alicyclic amines) is 1. The smallest absolute Gasteiger partial charge is 0.272 e. The summed E-state index contributed by atoms with van der Waals surface area (Å²) < 4.78 is 8.20. The van der Waals surface area contributed by atoms with Gasteiger partial charge < -0.3 is 14.5 Å². The van der Waals surface area contributed by atoms with Crippen LogP contribution in [0.4, 0.5) is 5.69 Å². The number of hydrogen-bond donors (Lipinski definition) is 0. The molecule has 2 saturated heterocycles. The van der Waals surface area contributed by atoms with Crippen molar-refractivity contribution in [1.82, 2.24) is 14.7 Å². The van der Waals surface area contributed by atoms with Crippen molar-refractivity contribution < 1.29 is 9.53 Å². The van der Waals surface area contributed by atoms with Gasteiger partial charge in [0, 0.05) is 37.6 Å². The summed E-state index contributed by atoms with van der Waals surface area (Å²) in [6, 6.07) is 13.0. The minimum Gasteiger partial charge on any atom is -0.373 e. The van der Waals surface area contributed by atoms with Gasteiger partial charge in [0.1, 0.15) is 5.69 Å². The Bertz CT molecular complexity index is 824. The molecule has 1 amide bonds. The van der Waals surface area contributed by atoms with Crippen LogP contribution in [0.2, 0.25) is 0 Å². The van der Waals surface area contributed by atoms with E-state index in [1.54, 1.807) is 6.20 Å². The third-order valence-corrected chi connectivity index (χ3v) is 6.40. The number of carbonyl (C=O) groups excluding carboxylic acids is 1. The molecule has 0 bridgehead atoms. The lowest BCUT2D eigenvalue weighted by Crippen LogP contribution is -2.47. The van der Waals surface area contributed by atoms with Gasteiger partial charge >= 0.3 is 0 Å². The van der Waals surface area contributed by atoms with E-state index in [0.29, 0.717) is 11.7 Å². The fraction of sp³-hybridized carbons (Fsp3) is 0.565. The lowest BCUT2D eigenvalue weighted by Gasteiger charge is -2.39. The number of piperidine rings is 1. The summed E-state index contributed by atoms with van der Waals surface area (Å²) in [5.74, 6) is 0.0834. The highest BCUT2D eigenvalue weighted by molar-refractivity contribution is 5.92. The molecule has 2 aliphatic heterocycles. The molecule has 2 fully saturated rings. The van der Waals surface area contributed by atoms with E-state index >= 15 is 0 Å². The molecule has 0 aliphatic carbocycles. The molecule has 0 saturated carbocycles. The third kappa shape index (κ3) is 3.90. The first-order valence-electron chi connectivity index (χ1n) is 10.8. The fourth-order valence-corrected chi connectivity index (χ4v) is 4.81. The number of benzene rings is 1. The van der Waals surface area contributed by atoms with Gasteiger partial charge in [-0.25, -0.2) is 0 Å². The Morgan fingerprint density at radius 2 is 1.97 bits per heavy atom. The monoisotopic (exact) mass is 396 g/mol. The Labute approximate surface area is 173 Å². The lowest BCUT2D eigenvalue weighted by molar-refractivity contribution is -0.0390. The molecule has 6 nitrogen and oxygen atoms in total. The summed E-state index contributed by atoms with van der Waals surface area (Å²) in [6.07, 6.45) is 4.54. The fourth-order valence-electron chi connectivity index (χ4n) is 4.81. The van der Waals surface area contributed by atoms with Crippen molar-refractivity contribution in [3.8, 4) is 0 Å². The average molecular weight is 397 g/mol. The van der Waals surface area contributed by atoms with Crippen LogP contribution in [0.15, 0.2) is 42.6 Å². The molecule has 4 rings (SSSR count). The number of ether oxygens (including phenoxy) is 1. The zero-order chi connectivity index (χ0) is 20.4. The van der Waals surface area contributed by atoms with Gasteiger partial charge in [-0.1, -0.05) is 18.2 Å². The number of anilines is 1. The van der Waals surface area contributed by atoms with Crippen LogP contribution in [0.3, 0.4) is 0 Å². The number of nitrogens with zero attached hydrogens (tertiary/aromatic N) is 4. The molecular formula is C23H32N4O2. The van der Waals surface area contributed by atoms with Gasteiger partial charge in [-0.05, 0) is 58.2 Å². The van der Waals surface area contributed by atoms with E-state index in [-0.39, 0.29) is 17.6 Å². The minimum atomic E-state index is -0.0953. The predicted octanol–water partition coefficient (Wildman–Crippen LogP) is 3.75. The van der Waals surface area contributed by atoms with Crippen molar-refractivity contribution in [1.29, 1.82) is 0 Å². The number of carbonyl (C=O) groups is 1. The van der Waals surface area contributed by atoms with Gasteiger partial charge in [0.2, 0.25) is 0 Å². The lowest BCUT2D eigenvalue weighted by atomic mass is 9.87. The second-order valence-electron chi connectivity index (χ2n) is 8.52. The summed E-state index contributed by atoms with van der Waals surface area (Å²) in [4.78, 5) is 17.4. The summed E-state index contributed by atoms with van der Waals surface area (Å²) in [5, 5.41) is 4.31. The second kappa shape index (κ2) is 8.19. The maximum atomic E-state index is 13.0. The van der Waals surface area contributed by atoms with Crippen molar-refractivity contribution in [3.63, 3.8) is 0 Å². The van der Waals surface area contributed by atoms with E-state index < -0.39 is 0 Å². The van der Waals surface area contributed by atoms with E-state index in [0.717, 1.165) is 45.5 Å². The minimum absolute atomic E-state index is 0.0834. The first kappa shape index (κ1) is 20.0. The van der Waals surface area contributed by atoms with Crippen LogP contribution in [0.1, 0.15) is 56.6 Å². The molecule has 0 unspecified atom stereocenters. The molecule has 3 heterocycles. The number of aromatic nitrogens is 2. The molecule has 1 atom stereocenters. The highest BCUT2D eigenvalue weighted by Gasteiger charge is 2.45. The molecule has 156 valence electrons. The Hall–Kier alpha value is -2.34. The van der Waals surface area contributed by atoms with E-state index in [2.05, 4.69) is 47.3 Å². The standard InChI is InChI=1S/C23H32N4O2/c1-4-26(19-8-6-5-7-9-19)20-16-23(29-17-20)11-14-25(15-12-23)22(28)21-10-13-24-27(21)18(2)3/h5-10,13,18,20H,4,11-12,14-17H2,1-3H3/t20-/m1/s1. The molecular weight excluding hydrogens is 364 g/mol. The van der Waals surface area contributed by atoms with Crippen LogP contribution in [-0.4, -0.2) is 58.5 Å². The molecule has 0 N–H and O–H groups in total. The molecule has 1 aromatic heterocycles. The number of rotatable bonds is 5. The van der Waals surface area contributed by atoms with Crippen LogP contribution in [0.25, 0.3) is 0 Å². The normalized spacial score (nSPS) is 21.1. The third-order valence-electron chi connectivity index (χ3n) is 6.40. The van der Waals surface area contributed by atoms with E-state index in [1.807, 2.05) is 29.5 Å². The molecule has 0 radical (unpaired) electrons. The van der Waals surface area contributed by atoms with Gasteiger partial charge in [-0.2, -0.15) is 5.10 Å². The Kier molecular flexibility index (Phi) is 5.63.